The predicted octanol–water partition coefficient (Wildman–Crippen LogP) is 3.32. The van der Waals surface area contributed by atoms with Gasteiger partial charge < -0.3 is 19.8 Å². The lowest BCUT2D eigenvalue weighted by Crippen LogP contribution is -2.43. The summed E-state index contributed by atoms with van der Waals surface area (Å²) >= 11 is 0. The van der Waals surface area contributed by atoms with Crippen LogP contribution in [0.1, 0.15) is 32.1 Å². The largest absolute Gasteiger partial charge is 0.497 e. The Bertz CT molecular complexity index is 648. The molecule has 1 heterocycles. The molecule has 0 atom stereocenters. The van der Waals surface area contributed by atoms with Crippen LogP contribution in [0.4, 0.5) is 0 Å². The van der Waals surface area contributed by atoms with E-state index in [-0.39, 0.29) is 5.41 Å². The molecule has 1 aromatic heterocycles. The average molecular weight is 329 g/mol. The molecule has 5 nitrogen and oxygen atoms in total. The molecule has 0 unspecified atom stereocenters. The molecule has 1 aromatic carbocycles. The maximum Gasteiger partial charge on any atom is 0.191 e. The molecule has 130 valence electrons. The van der Waals surface area contributed by atoms with Crippen LogP contribution in [0.2, 0.25) is 0 Å². The Morgan fingerprint density at radius 2 is 2.04 bits per heavy atom. The summed E-state index contributed by atoms with van der Waals surface area (Å²) in [5.74, 6) is 2.50. The van der Waals surface area contributed by atoms with Crippen LogP contribution in [-0.2, 0) is 12.0 Å². The van der Waals surface area contributed by atoms with Crippen LogP contribution in [0.5, 0.6) is 5.75 Å². The number of furan rings is 1. The third-order valence-corrected chi connectivity index (χ3v) is 3.87. The monoisotopic (exact) mass is 329 g/mol. The maximum absolute atomic E-state index is 5.33. The summed E-state index contributed by atoms with van der Waals surface area (Å²) in [5.41, 5.74) is 1.16. The number of aliphatic imine (C=N–C) groups is 1. The first kappa shape index (κ1) is 17.9. The molecule has 2 N–H and O–H groups in total. The number of hydrogen-bond donors (Lipinski definition) is 2. The topological polar surface area (TPSA) is 58.8 Å². The van der Waals surface area contributed by atoms with Gasteiger partial charge in [-0.15, -0.1) is 0 Å². The van der Waals surface area contributed by atoms with Crippen molar-refractivity contribution in [3.8, 4) is 5.75 Å². The first-order chi connectivity index (χ1) is 11.5. The highest BCUT2D eigenvalue weighted by Gasteiger charge is 2.21. The van der Waals surface area contributed by atoms with Crippen LogP contribution < -0.4 is 15.4 Å². The zero-order valence-corrected chi connectivity index (χ0v) is 14.9. The molecule has 0 bridgehead atoms. The smallest absolute Gasteiger partial charge is 0.191 e. The van der Waals surface area contributed by atoms with Gasteiger partial charge in [-0.2, -0.15) is 0 Å². The quantitative estimate of drug-likeness (QED) is 0.604. The second kappa shape index (κ2) is 8.43. The van der Waals surface area contributed by atoms with Gasteiger partial charge in [-0.05, 0) is 36.8 Å². The second-order valence-electron chi connectivity index (χ2n) is 6.24. The van der Waals surface area contributed by atoms with E-state index in [1.165, 1.54) is 5.56 Å². The van der Waals surface area contributed by atoms with E-state index in [4.69, 9.17) is 9.15 Å². The number of hydrogen-bond acceptors (Lipinski definition) is 3. The molecule has 0 saturated carbocycles. The number of nitrogens with one attached hydrogen (secondary N) is 2. The molecular weight excluding hydrogens is 302 g/mol. The molecule has 0 aliphatic heterocycles. The average Bonchev–Trinajstić information content (AvgIpc) is 3.11. The summed E-state index contributed by atoms with van der Waals surface area (Å²) < 4.78 is 10.7. The van der Waals surface area contributed by atoms with Crippen molar-refractivity contribution < 1.29 is 9.15 Å². The Kier molecular flexibility index (Phi) is 6.29. The molecule has 2 rings (SSSR count). The van der Waals surface area contributed by atoms with E-state index in [2.05, 4.69) is 48.5 Å². The Hall–Kier alpha value is -2.43. The molecule has 0 aliphatic carbocycles. The molecule has 0 aliphatic rings. The summed E-state index contributed by atoms with van der Waals surface area (Å²) in [6.07, 6.45) is 1.66. The Morgan fingerprint density at radius 1 is 1.21 bits per heavy atom. The van der Waals surface area contributed by atoms with Crippen LogP contribution in [0.15, 0.2) is 52.1 Å². The van der Waals surface area contributed by atoms with Gasteiger partial charge in [0, 0.05) is 18.5 Å². The third-order valence-electron chi connectivity index (χ3n) is 3.87. The number of methoxy groups -OCH3 is 1. The fraction of sp³-hybridized carbons (Fsp3) is 0.421. The molecule has 0 amide bonds. The van der Waals surface area contributed by atoms with Crippen LogP contribution in [0, 0.1) is 0 Å². The lowest BCUT2D eigenvalue weighted by atomic mass is 9.84. The number of ether oxygens (including phenoxy) is 1. The van der Waals surface area contributed by atoms with Crippen molar-refractivity contribution in [1.29, 1.82) is 0 Å². The van der Waals surface area contributed by atoms with Crippen molar-refractivity contribution in [2.24, 2.45) is 4.99 Å². The zero-order valence-electron chi connectivity index (χ0n) is 14.9. The molecule has 2 aromatic rings. The van der Waals surface area contributed by atoms with E-state index in [0.29, 0.717) is 6.54 Å². The van der Waals surface area contributed by atoms with Gasteiger partial charge in [0.15, 0.2) is 5.96 Å². The minimum Gasteiger partial charge on any atom is -0.497 e. The van der Waals surface area contributed by atoms with E-state index in [9.17, 15) is 0 Å². The van der Waals surface area contributed by atoms with Crippen LogP contribution in [0.3, 0.4) is 0 Å². The van der Waals surface area contributed by atoms with Gasteiger partial charge in [0.25, 0.3) is 0 Å². The van der Waals surface area contributed by atoms with Crippen molar-refractivity contribution >= 4 is 5.96 Å². The minimum atomic E-state index is -0.0601. The fourth-order valence-corrected chi connectivity index (χ4v) is 2.35. The highest BCUT2D eigenvalue weighted by atomic mass is 16.5. The summed E-state index contributed by atoms with van der Waals surface area (Å²) in [7, 11) is 1.69. The van der Waals surface area contributed by atoms with E-state index in [1.807, 2.05) is 24.3 Å². The summed E-state index contributed by atoms with van der Waals surface area (Å²) in [6, 6.07) is 12.0. The number of rotatable bonds is 7. The second-order valence-corrected chi connectivity index (χ2v) is 6.24. The summed E-state index contributed by atoms with van der Waals surface area (Å²) in [6.45, 7) is 8.53. The summed E-state index contributed by atoms with van der Waals surface area (Å²) in [4.78, 5) is 4.56. The Morgan fingerprint density at radius 3 is 2.71 bits per heavy atom. The lowest BCUT2D eigenvalue weighted by molar-refractivity contribution is 0.411. The van der Waals surface area contributed by atoms with Gasteiger partial charge in [0.2, 0.25) is 0 Å². The first-order valence-electron chi connectivity index (χ1n) is 8.24. The van der Waals surface area contributed by atoms with E-state index in [0.717, 1.165) is 30.6 Å². The van der Waals surface area contributed by atoms with Gasteiger partial charge in [-0.3, -0.25) is 0 Å². The van der Waals surface area contributed by atoms with Gasteiger partial charge >= 0.3 is 0 Å². The molecule has 5 heteroatoms. The number of guanidine groups is 1. The van der Waals surface area contributed by atoms with E-state index >= 15 is 0 Å². The molecule has 0 fully saturated rings. The third kappa shape index (κ3) is 5.05. The van der Waals surface area contributed by atoms with Crippen LogP contribution in [-0.4, -0.2) is 26.2 Å². The SMILES string of the molecule is CCNC(=NCc1ccco1)NCC(C)(C)c1cccc(OC)c1. The Balaban J connectivity index is 2.02. The van der Waals surface area contributed by atoms with Gasteiger partial charge in [-0.25, -0.2) is 4.99 Å². The summed E-state index contributed by atoms with van der Waals surface area (Å²) in [5, 5.41) is 6.68. The molecular formula is C19H27N3O2. The number of nitrogens with zero attached hydrogens (tertiary/aromatic N) is 1. The van der Waals surface area contributed by atoms with Gasteiger partial charge in [0.1, 0.15) is 18.1 Å². The van der Waals surface area contributed by atoms with E-state index < -0.39 is 0 Å². The lowest BCUT2D eigenvalue weighted by Gasteiger charge is -2.27. The van der Waals surface area contributed by atoms with Crippen molar-refractivity contribution in [3.05, 3.63) is 54.0 Å². The standard InChI is InChI=1S/C19H27N3O2/c1-5-20-18(21-13-17-10-7-11-24-17)22-14-19(2,3)15-8-6-9-16(12-15)23-4/h6-12H,5,13-14H2,1-4H3,(H2,20,21,22). The molecule has 0 saturated heterocycles. The fourth-order valence-electron chi connectivity index (χ4n) is 2.35. The highest BCUT2D eigenvalue weighted by molar-refractivity contribution is 5.79. The van der Waals surface area contributed by atoms with Crippen molar-refractivity contribution in [2.75, 3.05) is 20.2 Å². The van der Waals surface area contributed by atoms with Crippen molar-refractivity contribution in [3.63, 3.8) is 0 Å². The number of benzene rings is 1. The molecule has 24 heavy (non-hydrogen) atoms. The maximum atomic E-state index is 5.33. The Labute approximate surface area is 144 Å². The predicted molar refractivity (Wildman–Crippen MR) is 97.5 cm³/mol. The normalized spacial score (nSPS) is 12.1. The van der Waals surface area contributed by atoms with Crippen LogP contribution in [0.25, 0.3) is 0 Å². The van der Waals surface area contributed by atoms with Gasteiger partial charge in [0.05, 0.1) is 13.4 Å². The molecule has 0 spiro atoms. The zero-order chi connectivity index (χ0) is 17.4. The minimum absolute atomic E-state index is 0.0601. The van der Waals surface area contributed by atoms with Crippen molar-refractivity contribution in [1.82, 2.24) is 10.6 Å². The van der Waals surface area contributed by atoms with Gasteiger partial charge in [-0.1, -0.05) is 26.0 Å². The first-order valence-corrected chi connectivity index (χ1v) is 8.24. The van der Waals surface area contributed by atoms with Crippen LogP contribution >= 0.6 is 0 Å². The highest BCUT2D eigenvalue weighted by Crippen LogP contribution is 2.25. The van der Waals surface area contributed by atoms with Crippen molar-refractivity contribution in [2.45, 2.75) is 32.7 Å². The molecule has 0 radical (unpaired) electrons. The van der Waals surface area contributed by atoms with E-state index in [1.54, 1.807) is 13.4 Å².